The summed E-state index contributed by atoms with van der Waals surface area (Å²) in [5, 5.41) is 3.42. The average Bonchev–Trinajstić information content (AvgIpc) is 3.17. The molecule has 0 bridgehead atoms. The molecule has 0 saturated carbocycles. The molecule has 1 aromatic rings. The smallest absolute Gasteiger partial charge is 0.194 e. The molecule has 0 aliphatic carbocycles. The lowest BCUT2D eigenvalue weighted by molar-refractivity contribution is 0.0536. The lowest BCUT2D eigenvalue weighted by Crippen LogP contribution is -2.40. The molecular weight excluding hydrogens is 310 g/mol. The Kier molecular flexibility index (Phi) is 7.85. The number of ether oxygens (including phenoxy) is 2. The summed E-state index contributed by atoms with van der Waals surface area (Å²) in [5.41, 5.74) is 0. The summed E-state index contributed by atoms with van der Waals surface area (Å²) in [4.78, 5) is 9.82. The van der Waals surface area contributed by atoms with Crippen LogP contribution < -0.4 is 5.32 Å². The van der Waals surface area contributed by atoms with Gasteiger partial charge in [-0.25, -0.2) is 4.99 Å². The minimum Gasteiger partial charge on any atom is -0.382 e. The number of rotatable bonds is 8. The number of guanidine groups is 1. The summed E-state index contributed by atoms with van der Waals surface area (Å²) in [5.74, 6) is 1.61. The van der Waals surface area contributed by atoms with Crippen LogP contribution in [0, 0.1) is 12.8 Å². The van der Waals surface area contributed by atoms with Crippen molar-refractivity contribution in [1.82, 2.24) is 10.2 Å². The summed E-state index contributed by atoms with van der Waals surface area (Å²) in [6.07, 6.45) is 1.16. The van der Waals surface area contributed by atoms with E-state index in [0.29, 0.717) is 19.1 Å². The van der Waals surface area contributed by atoms with Crippen LogP contribution in [0.15, 0.2) is 17.1 Å². The highest BCUT2D eigenvalue weighted by atomic mass is 32.1. The predicted molar refractivity (Wildman–Crippen MR) is 96.2 cm³/mol. The zero-order chi connectivity index (χ0) is 16.5. The minimum absolute atomic E-state index is 0.583. The lowest BCUT2D eigenvalue weighted by atomic mass is 10.1. The molecule has 1 aliphatic heterocycles. The Balaban J connectivity index is 1.83. The molecule has 1 fully saturated rings. The van der Waals surface area contributed by atoms with Gasteiger partial charge < -0.3 is 19.7 Å². The first-order valence-corrected chi connectivity index (χ1v) is 9.19. The van der Waals surface area contributed by atoms with Gasteiger partial charge in [0.2, 0.25) is 0 Å². The van der Waals surface area contributed by atoms with Crippen LogP contribution >= 0.6 is 11.3 Å². The molecule has 1 saturated heterocycles. The SMILES string of the molecule is CCNC(=NCc1ccc(C)s1)N1CCC(COCCOC)C1. The topological polar surface area (TPSA) is 46.1 Å². The highest BCUT2D eigenvalue weighted by Crippen LogP contribution is 2.18. The van der Waals surface area contributed by atoms with E-state index >= 15 is 0 Å². The third kappa shape index (κ3) is 6.12. The second-order valence-corrected chi connectivity index (χ2v) is 7.22. The van der Waals surface area contributed by atoms with Crippen molar-refractivity contribution in [3.8, 4) is 0 Å². The van der Waals surface area contributed by atoms with E-state index in [2.05, 4.69) is 36.2 Å². The summed E-state index contributed by atoms with van der Waals surface area (Å²) in [6.45, 7) is 10.1. The fraction of sp³-hybridized carbons (Fsp3) is 0.706. The first-order chi connectivity index (χ1) is 11.2. The Hall–Kier alpha value is -1.11. The molecule has 130 valence electrons. The van der Waals surface area contributed by atoms with Crippen molar-refractivity contribution >= 4 is 17.3 Å². The van der Waals surface area contributed by atoms with Crippen molar-refractivity contribution in [3.63, 3.8) is 0 Å². The summed E-state index contributed by atoms with van der Waals surface area (Å²) >= 11 is 1.82. The Labute approximate surface area is 143 Å². The average molecular weight is 340 g/mol. The molecule has 2 rings (SSSR count). The third-order valence-corrected chi connectivity index (χ3v) is 4.87. The quantitative estimate of drug-likeness (QED) is 0.449. The molecule has 0 spiro atoms. The molecule has 0 radical (unpaired) electrons. The van der Waals surface area contributed by atoms with E-state index in [1.807, 2.05) is 11.3 Å². The van der Waals surface area contributed by atoms with E-state index in [0.717, 1.165) is 45.2 Å². The number of hydrogen-bond acceptors (Lipinski definition) is 4. The van der Waals surface area contributed by atoms with Crippen molar-refractivity contribution in [1.29, 1.82) is 0 Å². The molecule has 1 atom stereocenters. The van der Waals surface area contributed by atoms with Gasteiger partial charge in [-0.15, -0.1) is 11.3 Å². The van der Waals surface area contributed by atoms with Gasteiger partial charge in [0.25, 0.3) is 0 Å². The van der Waals surface area contributed by atoms with Crippen molar-refractivity contribution in [2.45, 2.75) is 26.8 Å². The molecule has 1 aromatic heterocycles. The Morgan fingerprint density at radius 1 is 1.43 bits per heavy atom. The summed E-state index contributed by atoms with van der Waals surface area (Å²) in [7, 11) is 1.70. The monoisotopic (exact) mass is 339 g/mol. The van der Waals surface area contributed by atoms with Crippen LogP contribution in [0.5, 0.6) is 0 Å². The van der Waals surface area contributed by atoms with Gasteiger partial charge in [0.05, 0.1) is 26.4 Å². The summed E-state index contributed by atoms with van der Waals surface area (Å²) < 4.78 is 10.7. The summed E-state index contributed by atoms with van der Waals surface area (Å²) in [6, 6.07) is 4.33. The molecule has 1 aliphatic rings. The largest absolute Gasteiger partial charge is 0.382 e. The fourth-order valence-corrected chi connectivity index (χ4v) is 3.52. The van der Waals surface area contributed by atoms with E-state index in [1.54, 1.807) is 7.11 Å². The van der Waals surface area contributed by atoms with E-state index in [9.17, 15) is 0 Å². The number of methoxy groups -OCH3 is 1. The van der Waals surface area contributed by atoms with Gasteiger partial charge >= 0.3 is 0 Å². The van der Waals surface area contributed by atoms with Crippen LogP contribution in [-0.4, -0.2) is 57.4 Å². The number of nitrogens with zero attached hydrogens (tertiary/aromatic N) is 2. The highest BCUT2D eigenvalue weighted by Gasteiger charge is 2.24. The normalized spacial score (nSPS) is 18.7. The van der Waals surface area contributed by atoms with Gasteiger partial charge in [-0.1, -0.05) is 0 Å². The number of aliphatic imine (C=N–C) groups is 1. The van der Waals surface area contributed by atoms with Crippen LogP contribution in [0.25, 0.3) is 0 Å². The second-order valence-electron chi connectivity index (χ2n) is 5.85. The zero-order valence-corrected chi connectivity index (χ0v) is 15.3. The van der Waals surface area contributed by atoms with Gasteiger partial charge in [-0.3, -0.25) is 0 Å². The lowest BCUT2D eigenvalue weighted by Gasteiger charge is -2.21. The van der Waals surface area contributed by atoms with E-state index < -0.39 is 0 Å². The van der Waals surface area contributed by atoms with Crippen molar-refractivity contribution in [2.24, 2.45) is 10.9 Å². The van der Waals surface area contributed by atoms with Crippen LogP contribution in [0.4, 0.5) is 0 Å². The first-order valence-electron chi connectivity index (χ1n) is 8.38. The van der Waals surface area contributed by atoms with Crippen LogP contribution in [0.2, 0.25) is 0 Å². The van der Waals surface area contributed by atoms with Gasteiger partial charge in [0, 0.05) is 42.4 Å². The molecule has 5 nitrogen and oxygen atoms in total. The number of hydrogen-bond donors (Lipinski definition) is 1. The van der Waals surface area contributed by atoms with Gasteiger partial charge in [-0.2, -0.15) is 0 Å². The van der Waals surface area contributed by atoms with E-state index in [4.69, 9.17) is 14.5 Å². The molecule has 0 amide bonds. The fourth-order valence-electron chi connectivity index (χ4n) is 2.70. The highest BCUT2D eigenvalue weighted by molar-refractivity contribution is 7.11. The standard InChI is InChI=1S/C17H29N3O2S/c1-4-18-17(19-11-16-6-5-14(2)23-16)20-8-7-15(12-20)13-22-10-9-21-3/h5-6,15H,4,7-13H2,1-3H3,(H,18,19). The zero-order valence-electron chi connectivity index (χ0n) is 14.5. The predicted octanol–water partition coefficient (Wildman–Crippen LogP) is 2.51. The minimum atomic E-state index is 0.583. The maximum absolute atomic E-state index is 5.67. The van der Waals surface area contributed by atoms with E-state index in [-0.39, 0.29) is 0 Å². The molecule has 23 heavy (non-hydrogen) atoms. The van der Waals surface area contributed by atoms with Crippen LogP contribution in [0.3, 0.4) is 0 Å². The van der Waals surface area contributed by atoms with E-state index in [1.165, 1.54) is 9.75 Å². The molecule has 1 unspecified atom stereocenters. The Bertz CT molecular complexity index is 490. The first kappa shape index (κ1) is 18.2. The molecule has 0 aromatic carbocycles. The molecular formula is C17H29N3O2S. The van der Waals surface area contributed by atoms with Crippen molar-refractivity contribution in [2.75, 3.05) is 46.6 Å². The Morgan fingerprint density at radius 2 is 2.30 bits per heavy atom. The maximum atomic E-state index is 5.67. The van der Waals surface area contributed by atoms with Crippen molar-refractivity contribution < 1.29 is 9.47 Å². The molecule has 2 heterocycles. The van der Waals surface area contributed by atoms with Crippen molar-refractivity contribution in [3.05, 3.63) is 21.9 Å². The maximum Gasteiger partial charge on any atom is 0.194 e. The number of thiophene rings is 1. The number of aryl methyl sites for hydroxylation is 1. The number of likely N-dealkylation sites (tertiary alicyclic amines) is 1. The van der Waals surface area contributed by atoms with Gasteiger partial charge in [0.1, 0.15) is 0 Å². The molecule has 1 N–H and O–H groups in total. The third-order valence-electron chi connectivity index (χ3n) is 3.89. The number of nitrogens with one attached hydrogen (secondary N) is 1. The van der Waals surface area contributed by atoms with Crippen LogP contribution in [-0.2, 0) is 16.0 Å². The second kappa shape index (κ2) is 9.90. The molecule has 6 heteroatoms. The van der Waals surface area contributed by atoms with Gasteiger partial charge in [0.15, 0.2) is 5.96 Å². The van der Waals surface area contributed by atoms with Crippen LogP contribution in [0.1, 0.15) is 23.1 Å². The van der Waals surface area contributed by atoms with Gasteiger partial charge in [-0.05, 0) is 32.4 Å². The Morgan fingerprint density at radius 3 is 3.00 bits per heavy atom.